The lowest BCUT2D eigenvalue weighted by Crippen LogP contribution is -1.90. The highest BCUT2D eigenvalue weighted by atomic mass is 16.6. The molecule has 0 unspecified atom stereocenters. The van der Waals surface area contributed by atoms with E-state index in [1.165, 1.54) is 16.4 Å². The number of aryl methyl sites for hydroxylation is 2. The molecule has 1 aromatic carbocycles. The molecule has 8 heteroatoms. The normalized spacial score (nSPS) is 10.8. The average molecular weight is 299 g/mol. The fourth-order valence-electron chi connectivity index (χ4n) is 2.09. The third kappa shape index (κ3) is 2.46. The number of nitro groups is 1. The summed E-state index contributed by atoms with van der Waals surface area (Å²) >= 11 is 0. The molecule has 3 aromatic rings. The maximum absolute atomic E-state index is 11.0. The summed E-state index contributed by atoms with van der Waals surface area (Å²) in [5.74, 6) is 0.402. The van der Waals surface area contributed by atoms with E-state index < -0.39 is 4.92 Å². The lowest BCUT2D eigenvalue weighted by Gasteiger charge is -1.97. The number of rotatable bonds is 4. The van der Waals surface area contributed by atoms with Crippen molar-refractivity contribution < 1.29 is 9.45 Å². The molecular formula is C14H13N5O3. The summed E-state index contributed by atoms with van der Waals surface area (Å²) in [7, 11) is 1.59. The second kappa shape index (κ2) is 5.40. The van der Waals surface area contributed by atoms with Crippen molar-refractivity contribution >= 4 is 5.69 Å². The molecule has 0 aliphatic heterocycles. The summed E-state index contributed by atoms with van der Waals surface area (Å²) in [4.78, 5) is 14.7. The first-order valence-corrected chi connectivity index (χ1v) is 6.70. The van der Waals surface area contributed by atoms with Gasteiger partial charge in [-0.15, -0.1) is 0 Å². The Labute approximate surface area is 125 Å². The molecule has 0 saturated carbocycles. The molecule has 0 spiro atoms. The van der Waals surface area contributed by atoms with Gasteiger partial charge in [0.25, 0.3) is 5.89 Å². The van der Waals surface area contributed by atoms with Crippen LogP contribution in [-0.2, 0) is 13.5 Å². The molecule has 0 saturated heterocycles. The monoisotopic (exact) mass is 299 g/mol. The molecule has 8 nitrogen and oxygen atoms in total. The highest BCUT2D eigenvalue weighted by molar-refractivity contribution is 5.64. The zero-order valence-electron chi connectivity index (χ0n) is 12.1. The number of nitrogens with zero attached hydrogens (tertiary/aromatic N) is 5. The highest BCUT2D eigenvalue weighted by Crippen LogP contribution is 2.28. The van der Waals surface area contributed by atoms with Crippen LogP contribution >= 0.6 is 0 Å². The van der Waals surface area contributed by atoms with E-state index in [0.717, 1.165) is 12.0 Å². The van der Waals surface area contributed by atoms with E-state index >= 15 is 0 Å². The Morgan fingerprint density at radius 3 is 2.68 bits per heavy atom. The topological polar surface area (TPSA) is 99.9 Å². The van der Waals surface area contributed by atoms with E-state index in [0.29, 0.717) is 5.82 Å². The van der Waals surface area contributed by atoms with Gasteiger partial charge in [0.05, 0.1) is 4.92 Å². The summed E-state index contributed by atoms with van der Waals surface area (Å²) in [5, 5.41) is 18.9. The summed E-state index contributed by atoms with van der Waals surface area (Å²) in [6.45, 7) is 2.07. The van der Waals surface area contributed by atoms with Gasteiger partial charge in [-0.05, 0) is 12.0 Å². The fraction of sp³-hybridized carbons (Fsp3) is 0.214. The van der Waals surface area contributed by atoms with Gasteiger partial charge in [0.15, 0.2) is 0 Å². The molecule has 0 radical (unpaired) electrons. The number of benzene rings is 1. The minimum absolute atomic E-state index is 0.0295. The molecule has 112 valence electrons. The number of hydrogen-bond donors (Lipinski definition) is 0. The van der Waals surface area contributed by atoms with Crippen molar-refractivity contribution in [1.82, 2.24) is 19.9 Å². The van der Waals surface area contributed by atoms with Crippen LogP contribution in [0.3, 0.4) is 0 Å². The molecule has 0 aliphatic rings. The average Bonchev–Trinajstić information content (AvgIpc) is 3.13. The fourth-order valence-corrected chi connectivity index (χ4v) is 2.09. The van der Waals surface area contributed by atoms with Crippen LogP contribution in [0.2, 0.25) is 0 Å². The zero-order valence-corrected chi connectivity index (χ0v) is 12.1. The van der Waals surface area contributed by atoms with Crippen molar-refractivity contribution in [3.05, 3.63) is 46.1 Å². The van der Waals surface area contributed by atoms with Crippen LogP contribution in [0.1, 0.15) is 12.5 Å². The molecule has 0 N–H and O–H groups in total. The molecule has 3 rings (SSSR count). The van der Waals surface area contributed by atoms with Crippen LogP contribution in [0.4, 0.5) is 5.69 Å². The second-order valence-corrected chi connectivity index (χ2v) is 4.77. The van der Waals surface area contributed by atoms with Crippen LogP contribution in [0.25, 0.3) is 23.0 Å². The van der Waals surface area contributed by atoms with Gasteiger partial charge in [0, 0.05) is 12.6 Å². The lowest BCUT2D eigenvalue weighted by molar-refractivity contribution is -0.384. The Morgan fingerprint density at radius 2 is 2.05 bits per heavy atom. The molecule has 0 atom stereocenters. The second-order valence-electron chi connectivity index (χ2n) is 4.77. The van der Waals surface area contributed by atoms with Crippen LogP contribution < -0.4 is 0 Å². The predicted molar refractivity (Wildman–Crippen MR) is 78.0 cm³/mol. The standard InChI is InChI=1S/C14H13N5O3/c1-3-9-4-6-10(7-5-9)13-15-14(22-17-13)12-11(19(20)21)8-18(2)16-12/h4-8H,3H2,1-2H3. The first-order chi connectivity index (χ1) is 10.6. The smallest absolute Gasteiger partial charge is 0.320 e. The summed E-state index contributed by atoms with van der Waals surface area (Å²) in [5.41, 5.74) is 1.88. The first-order valence-electron chi connectivity index (χ1n) is 6.70. The van der Waals surface area contributed by atoms with Gasteiger partial charge in [-0.1, -0.05) is 36.3 Å². The molecule has 22 heavy (non-hydrogen) atoms. The van der Waals surface area contributed by atoms with Crippen molar-refractivity contribution in [2.75, 3.05) is 0 Å². The van der Waals surface area contributed by atoms with Gasteiger partial charge in [-0.2, -0.15) is 10.1 Å². The predicted octanol–water partition coefficient (Wildman–Crippen LogP) is 2.61. The zero-order chi connectivity index (χ0) is 15.7. The number of aromatic nitrogens is 4. The summed E-state index contributed by atoms with van der Waals surface area (Å²) < 4.78 is 6.47. The van der Waals surface area contributed by atoms with Crippen LogP contribution in [-0.4, -0.2) is 24.8 Å². The SMILES string of the molecule is CCc1ccc(-c2noc(-c3nn(C)cc3[N+](=O)[O-])n2)cc1. The maximum Gasteiger partial charge on any atom is 0.320 e. The van der Waals surface area contributed by atoms with Crippen molar-refractivity contribution in [1.29, 1.82) is 0 Å². The molecule has 0 amide bonds. The molecule has 0 aliphatic carbocycles. The summed E-state index contributed by atoms with van der Waals surface area (Å²) in [6, 6.07) is 7.74. The molecule has 2 aromatic heterocycles. The Balaban J connectivity index is 1.98. The Bertz CT molecular complexity index is 819. The Kier molecular flexibility index (Phi) is 3.42. The van der Waals surface area contributed by atoms with Gasteiger partial charge >= 0.3 is 5.69 Å². The van der Waals surface area contributed by atoms with Crippen molar-refractivity contribution in [2.45, 2.75) is 13.3 Å². The molecule has 0 fully saturated rings. The highest BCUT2D eigenvalue weighted by Gasteiger charge is 2.25. The largest absolute Gasteiger partial charge is 0.332 e. The van der Waals surface area contributed by atoms with Crippen molar-refractivity contribution in [2.24, 2.45) is 7.05 Å². The quantitative estimate of drug-likeness (QED) is 0.542. The minimum Gasteiger partial charge on any atom is -0.332 e. The minimum atomic E-state index is -0.526. The van der Waals surface area contributed by atoms with Gasteiger partial charge in [0.2, 0.25) is 11.5 Å². The van der Waals surface area contributed by atoms with E-state index in [9.17, 15) is 10.1 Å². The molecule has 0 bridgehead atoms. The molecule has 2 heterocycles. The van der Waals surface area contributed by atoms with E-state index in [1.54, 1.807) is 7.05 Å². The third-order valence-corrected chi connectivity index (χ3v) is 3.26. The first kappa shape index (κ1) is 13.9. The summed E-state index contributed by atoms with van der Waals surface area (Å²) in [6.07, 6.45) is 2.24. The molecular weight excluding hydrogens is 286 g/mol. The van der Waals surface area contributed by atoms with E-state index in [-0.39, 0.29) is 17.3 Å². The van der Waals surface area contributed by atoms with E-state index in [1.807, 2.05) is 24.3 Å². The van der Waals surface area contributed by atoms with Crippen LogP contribution in [0, 0.1) is 10.1 Å². The van der Waals surface area contributed by atoms with E-state index in [2.05, 4.69) is 22.2 Å². The lowest BCUT2D eigenvalue weighted by atomic mass is 10.1. The van der Waals surface area contributed by atoms with Crippen LogP contribution in [0.15, 0.2) is 35.0 Å². The third-order valence-electron chi connectivity index (χ3n) is 3.26. The van der Waals surface area contributed by atoms with Gasteiger partial charge in [0.1, 0.15) is 6.20 Å². The van der Waals surface area contributed by atoms with Crippen molar-refractivity contribution in [3.8, 4) is 23.0 Å². The van der Waals surface area contributed by atoms with Crippen LogP contribution in [0.5, 0.6) is 0 Å². The Morgan fingerprint density at radius 1 is 1.32 bits per heavy atom. The van der Waals surface area contributed by atoms with Gasteiger partial charge in [-0.25, -0.2) is 0 Å². The van der Waals surface area contributed by atoms with Crippen molar-refractivity contribution in [3.63, 3.8) is 0 Å². The van der Waals surface area contributed by atoms with E-state index in [4.69, 9.17) is 4.52 Å². The number of hydrogen-bond acceptors (Lipinski definition) is 6. The van der Waals surface area contributed by atoms with Gasteiger partial charge < -0.3 is 4.52 Å². The van der Waals surface area contributed by atoms with Gasteiger partial charge in [-0.3, -0.25) is 14.8 Å². The Hall–Kier alpha value is -3.03. The maximum atomic E-state index is 11.0.